The number of thiophene rings is 1. The van der Waals surface area contributed by atoms with Crippen LogP contribution in [0.1, 0.15) is 29.6 Å². The lowest BCUT2D eigenvalue weighted by atomic mass is 10.1. The number of aryl methyl sites for hydroxylation is 3. The standard InChI is InChI=1S/C20H26N4S/c1-5-18-22-19(17-12-14(2)25-20(17)23-18)21-11-7-9-15-8-6-10-16(13-15)24(3)4/h6,8,10,12-13H,5,7,9,11H2,1-4H3,(H,21,22,23). The molecule has 0 bridgehead atoms. The predicted molar refractivity (Wildman–Crippen MR) is 109 cm³/mol. The molecule has 0 amide bonds. The number of aromatic nitrogens is 2. The van der Waals surface area contributed by atoms with E-state index in [-0.39, 0.29) is 0 Å². The Morgan fingerprint density at radius 1 is 1.16 bits per heavy atom. The largest absolute Gasteiger partial charge is 0.378 e. The molecule has 132 valence electrons. The van der Waals surface area contributed by atoms with Crippen molar-refractivity contribution in [2.75, 3.05) is 30.9 Å². The van der Waals surface area contributed by atoms with E-state index in [0.29, 0.717) is 0 Å². The van der Waals surface area contributed by atoms with E-state index in [1.54, 1.807) is 11.3 Å². The lowest BCUT2D eigenvalue weighted by molar-refractivity contribution is 0.855. The highest BCUT2D eigenvalue weighted by atomic mass is 32.1. The summed E-state index contributed by atoms with van der Waals surface area (Å²) < 4.78 is 0. The van der Waals surface area contributed by atoms with Gasteiger partial charge in [0.1, 0.15) is 16.5 Å². The fourth-order valence-electron chi connectivity index (χ4n) is 2.87. The molecule has 0 spiro atoms. The molecule has 0 aliphatic heterocycles. The first-order chi connectivity index (χ1) is 12.1. The SMILES string of the molecule is CCc1nc(NCCCc2cccc(N(C)C)c2)c2cc(C)sc2n1. The van der Waals surface area contributed by atoms with Crippen LogP contribution < -0.4 is 10.2 Å². The Kier molecular flexibility index (Phi) is 5.53. The van der Waals surface area contributed by atoms with Crippen molar-refractivity contribution in [3.05, 3.63) is 46.6 Å². The third-order valence-corrected chi connectivity index (χ3v) is 5.18. The smallest absolute Gasteiger partial charge is 0.138 e. The van der Waals surface area contributed by atoms with Crippen LogP contribution in [0.5, 0.6) is 0 Å². The van der Waals surface area contributed by atoms with Crippen LogP contribution in [0.2, 0.25) is 0 Å². The first kappa shape index (κ1) is 17.7. The number of fused-ring (bicyclic) bond motifs is 1. The molecule has 5 heteroatoms. The highest BCUT2D eigenvalue weighted by Crippen LogP contribution is 2.28. The highest BCUT2D eigenvalue weighted by molar-refractivity contribution is 7.18. The Morgan fingerprint density at radius 3 is 2.76 bits per heavy atom. The van der Waals surface area contributed by atoms with E-state index >= 15 is 0 Å². The summed E-state index contributed by atoms with van der Waals surface area (Å²) in [4.78, 5) is 13.8. The van der Waals surface area contributed by atoms with Gasteiger partial charge in [-0.3, -0.25) is 0 Å². The van der Waals surface area contributed by atoms with Crippen LogP contribution in [-0.2, 0) is 12.8 Å². The highest BCUT2D eigenvalue weighted by Gasteiger charge is 2.09. The lowest BCUT2D eigenvalue weighted by Crippen LogP contribution is -2.09. The predicted octanol–water partition coefficient (Wildman–Crippen LogP) is 4.67. The number of anilines is 2. The van der Waals surface area contributed by atoms with Crippen LogP contribution in [0.25, 0.3) is 10.2 Å². The fourth-order valence-corrected chi connectivity index (χ4v) is 3.77. The topological polar surface area (TPSA) is 41.1 Å². The molecule has 1 aromatic carbocycles. The van der Waals surface area contributed by atoms with Crippen molar-refractivity contribution >= 4 is 33.1 Å². The summed E-state index contributed by atoms with van der Waals surface area (Å²) in [6.45, 7) is 5.14. The maximum Gasteiger partial charge on any atom is 0.138 e. The zero-order chi connectivity index (χ0) is 17.8. The minimum atomic E-state index is 0.860. The Labute approximate surface area is 153 Å². The van der Waals surface area contributed by atoms with E-state index in [1.807, 2.05) is 0 Å². The second kappa shape index (κ2) is 7.83. The van der Waals surface area contributed by atoms with E-state index in [2.05, 4.69) is 73.5 Å². The van der Waals surface area contributed by atoms with Gasteiger partial charge in [-0.1, -0.05) is 19.1 Å². The summed E-state index contributed by atoms with van der Waals surface area (Å²) >= 11 is 1.74. The normalized spacial score (nSPS) is 11.0. The number of benzene rings is 1. The van der Waals surface area contributed by atoms with Gasteiger partial charge >= 0.3 is 0 Å². The lowest BCUT2D eigenvalue weighted by Gasteiger charge is -2.13. The van der Waals surface area contributed by atoms with Crippen molar-refractivity contribution in [3.8, 4) is 0 Å². The van der Waals surface area contributed by atoms with Crippen LogP contribution in [0.15, 0.2) is 30.3 Å². The van der Waals surface area contributed by atoms with Crippen molar-refractivity contribution in [1.29, 1.82) is 0 Å². The van der Waals surface area contributed by atoms with Crippen molar-refractivity contribution in [1.82, 2.24) is 9.97 Å². The summed E-state index contributed by atoms with van der Waals surface area (Å²) in [5.41, 5.74) is 2.63. The van der Waals surface area contributed by atoms with Gasteiger partial charge in [-0.15, -0.1) is 11.3 Å². The molecule has 0 radical (unpaired) electrons. The molecule has 0 fully saturated rings. The molecule has 0 saturated carbocycles. The average Bonchev–Trinajstić information content (AvgIpc) is 2.98. The molecule has 0 aliphatic rings. The first-order valence-electron chi connectivity index (χ1n) is 8.84. The zero-order valence-corrected chi connectivity index (χ0v) is 16.3. The minimum absolute atomic E-state index is 0.860. The van der Waals surface area contributed by atoms with E-state index in [9.17, 15) is 0 Å². The maximum atomic E-state index is 4.69. The summed E-state index contributed by atoms with van der Waals surface area (Å²) in [5.74, 6) is 1.89. The second-order valence-corrected chi connectivity index (χ2v) is 7.75. The van der Waals surface area contributed by atoms with E-state index in [4.69, 9.17) is 4.98 Å². The number of nitrogens with one attached hydrogen (secondary N) is 1. The molecule has 0 unspecified atom stereocenters. The molecule has 3 aromatic rings. The van der Waals surface area contributed by atoms with Gasteiger partial charge in [-0.05, 0) is 43.5 Å². The summed E-state index contributed by atoms with van der Waals surface area (Å²) in [6.07, 6.45) is 3.00. The molecule has 4 nitrogen and oxygen atoms in total. The minimum Gasteiger partial charge on any atom is -0.378 e. The van der Waals surface area contributed by atoms with Crippen molar-refractivity contribution in [2.24, 2.45) is 0 Å². The van der Waals surface area contributed by atoms with Crippen LogP contribution in [-0.4, -0.2) is 30.6 Å². The van der Waals surface area contributed by atoms with Gasteiger partial charge in [-0.25, -0.2) is 9.97 Å². The molecule has 3 rings (SSSR count). The van der Waals surface area contributed by atoms with Gasteiger partial charge in [0, 0.05) is 37.6 Å². The molecule has 2 aromatic heterocycles. The molecule has 0 aliphatic carbocycles. The van der Waals surface area contributed by atoms with Gasteiger partial charge in [-0.2, -0.15) is 0 Å². The van der Waals surface area contributed by atoms with Gasteiger partial charge in [0.05, 0.1) is 5.39 Å². The number of nitrogens with zero attached hydrogens (tertiary/aromatic N) is 3. The third kappa shape index (κ3) is 4.28. The van der Waals surface area contributed by atoms with Crippen LogP contribution in [0.4, 0.5) is 11.5 Å². The Hall–Kier alpha value is -2.14. The average molecular weight is 355 g/mol. The van der Waals surface area contributed by atoms with Gasteiger partial charge in [0.25, 0.3) is 0 Å². The zero-order valence-electron chi connectivity index (χ0n) is 15.5. The van der Waals surface area contributed by atoms with Gasteiger partial charge < -0.3 is 10.2 Å². The van der Waals surface area contributed by atoms with Crippen molar-refractivity contribution in [3.63, 3.8) is 0 Å². The summed E-state index contributed by atoms with van der Waals surface area (Å²) in [7, 11) is 4.16. The Bertz CT molecular complexity index is 854. The molecular weight excluding hydrogens is 328 g/mol. The van der Waals surface area contributed by atoms with E-state index in [0.717, 1.165) is 47.7 Å². The Morgan fingerprint density at radius 2 is 2.00 bits per heavy atom. The number of rotatable bonds is 7. The van der Waals surface area contributed by atoms with Crippen LogP contribution in [0, 0.1) is 6.92 Å². The molecule has 1 N–H and O–H groups in total. The molecule has 0 saturated heterocycles. The Balaban J connectivity index is 1.64. The maximum absolute atomic E-state index is 4.69. The molecule has 0 atom stereocenters. The molecular formula is C20H26N4S. The van der Waals surface area contributed by atoms with Crippen molar-refractivity contribution in [2.45, 2.75) is 33.1 Å². The molecule has 2 heterocycles. The fraction of sp³-hybridized carbons (Fsp3) is 0.400. The summed E-state index contributed by atoms with van der Waals surface area (Å²) in [5, 5.41) is 4.68. The van der Waals surface area contributed by atoms with Gasteiger partial charge in [0.15, 0.2) is 0 Å². The number of hydrogen-bond donors (Lipinski definition) is 1. The number of hydrogen-bond acceptors (Lipinski definition) is 5. The van der Waals surface area contributed by atoms with Crippen LogP contribution >= 0.6 is 11.3 Å². The quantitative estimate of drug-likeness (QED) is 0.626. The first-order valence-corrected chi connectivity index (χ1v) is 9.65. The van der Waals surface area contributed by atoms with E-state index < -0.39 is 0 Å². The summed E-state index contributed by atoms with van der Waals surface area (Å²) in [6, 6.07) is 10.9. The second-order valence-electron chi connectivity index (χ2n) is 6.51. The van der Waals surface area contributed by atoms with Crippen molar-refractivity contribution < 1.29 is 0 Å². The molecule has 25 heavy (non-hydrogen) atoms. The third-order valence-electron chi connectivity index (χ3n) is 4.24. The van der Waals surface area contributed by atoms with Gasteiger partial charge in [0.2, 0.25) is 0 Å². The van der Waals surface area contributed by atoms with Crippen LogP contribution in [0.3, 0.4) is 0 Å². The van der Waals surface area contributed by atoms with E-state index in [1.165, 1.54) is 16.1 Å². The monoisotopic (exact) mass is 354 g/mol.